The smallest absolute Gasteiger partial charge is 0.297 e. The summed E-state index contributed by atoms with van der Waals surface area (Å²) in [7, 11) is -1.95. The maximum absolute atomic E-state index is 8.51. The van der Waals surface area contributed by atoms with Crippen molar-refractivity contribution in [1.82, 2.24) is 0 Å². The number of nitrogens with two attached hydrogens (primary N) is 1. The van der Waals surface area contributed by atoms with Crippen LogP contribution >= 0.6 is 8.53 Å². The summed E-state index contributed by atoms with van der Waals surface area (Å²) in [6.45, 7) is 0. The SMILES string of the molecule is NP(O)OOc1ccccc1. The van der Waals surface area contributed by atoms with Gasteiger partial charge in [0.25, 0.3) is 8.53 Å². The number of rotatable bonds is 3. The van der Waals surface area contributed by atoms with E-state index < -0.39 is 8.53 Å². The van der Waals surface area contributed by atoms with Crippen molar-refractivity contribution >= 4 is 8.53 Å². The van der Waals surface area contributed by atoms with Crippen molar-refractivity contribution in [3.05, 3.63) is 30.3 Å². The number of benzene rings is 1. The van der Waals surface area contributed by atoms with Crippen molar-refractivity contribution in [3.63, 3.8) is 0 Å². The first-order chi connectivity index (χ1) is 5.29. The van der Waals surface area contributed by atoms with Gasteiger partial charge in [0.15, 0.2) is 5.75 Å². The van der Waals surface area contributed by atoms with Crippen LogP contribution in [0.25, 0.3) is 0 Å². The molecule has 0 aliphatic rings. The Morgan fingerprint density at radius 3 is 2.45 bits per heavy atom. The van der Waals surface area contributed by atoms with Gasteiger partial charge in [0.1, 0.15) is 0 Å². The highest BCUT2D eigenvalue weighted by atomic mass is 31.2. The molecular weight excluding hydrogens is 165 g/mol. The Morgan fingerprint density at radius 2 is 1.91 bits per heavy atom. The summed E-state index contributed by atoms with van der Waals surface area (Å²) < 4.78 is 4.33. The first-order valence-corrected chi connectivity index (χ1v) is 4.20. The fourth-order valence-electron chi connectivity index (χ4n) is 0.557. The molecule has 1 aromatic rings. The molecule has 0 amide bonds. The Balaban J connectivity index is 2.39. The zero-order valence-corrected chi connectivity index (χ0v) is 6.57. The van der Waals surface area contributed by atoms with Crippen molar-refractivity contribution in [1.29, 1.82) is 0 Å². The van der Waals surface area contributed by atoms with Crippen LogP contribution in [0.5, 0.6) is 5.75 Å². The van der Waals surface area contributed by atoms with Crippen molar-refractivity contribution in [2.75, 3.05) is 0 Å². The van der Waals surface area contributed by atoms with E-state index in [1.165, 1.54) is 0 Å². The van der Waals surface area contributed by atoms with Crippen molar-refractivity contribution in [2.45, 2.75) is 0 Å². The number of hydrogen-bond acceptors (Lipinski definition) is 4. The van der Waals surface area contributed by atoms with Gasteiger partial charge in [0, 0.05) is 0 Å². The highest BCUT2D eigenvalue weighted by Gasteiger charge is 1.98. The monoisotopic (exact) mass is 173 g/mol. The highest BCUT2D eigenvalue weighted by molar-refractivity contribution is 7.43. The quantitative estimate of drug-likeness (QED) is 0.409. The molecule has 0 spiro atoms. The molecule has 1 unspecified atom stereocenters. The average molecular weight is 173 g/mol. The van der Waals surface area contributed by atoms with E-state index in [2.05, 4.69) is 9.56 Å². The zero-order valence-electron chi connectivity index (χ0n) is 5.68. The third kappa shape index (κ3) is 3.30. The van der Waals surface area contributed by atoms with Gasteiger partial charge in [-0.05, 0) is 12.1 Å². The van der Waals surface area contributed by atoms with Crippen LogP contribution in [0.3, 0.4) is 0 Å². The Morgan fingerprint density at radius 1 is 1.27 bits per heavy atom. The average Bonchev–Trinajstić information content (AvgIpc) is 2.03. The molecule has 0 aliphatic heterocycles. The van der Waals surface area contributed by atoms with Crippen LogP contribution in [-0.2, 0) is 4.67 Å². The van der Waals surface area contributed by atoms with Crippen LogP contribution in [0.15, 0.2) is 30.3 Å². The predicted molar refractivity (Wildman–Crippen MR) is 41.5 cm³/mol. The van der Waals surface area contributed by atoms with Crippen LogP contribution in [0.2, 0.25) is 0 Å². The lowest BCUT2D eigenvalue weighted by atomic mass is 10.3. The first-order valence-electron chi connectivity index (χ1n) is 2.92. The highest BCUT2D eigenvalue weighted by Crippen LogP contribution is 2.21. The molecule has 0 bridgehead atoms. The summed E-state index contributed by atoms with van der Waals surface area (Å²) >= 11 is 0. The summed E-state index contributed by atoms with van der Waals surface area (Å²) in [6.07, 6.45) is 0. The summed E-state index contributed by atoms with van der Waals surface area (Å²) in [5.41, 5.74) is 4.91. The van der Waals surface area contributed by atoms with Gasteiger partial charge in [-0.25, -0.2) is 0 Å². The lowest BCUT2D eigenvalue weighted by Gasteiger charge is -2.03. The summed E-state index contributed by atoms with van der Waals surface area (Å²) in [5.74, 6) is 0.513. The molecule has 1 rings (SSSR count). The molecule has 0 aliphatic carbocycles. The van der Waals surface area contributed by atoms with E-state index in [0.717, 1.165) is 0 Å². The molecule has 0 aromatic heterocycles. The minimum Gasteiger partial charge on any atom is -0.336 e. The molecule has 5 heteroatoms. The molecular formula is C6H8NO3P. The van der Waals surface area contributed by atoms with Crippen LogP contribution in [0, 0.1) is 0 Å². The second-order valence-electron chi connectivity index (χ2n) is 1.77. The van der Waals surface area contributed by atoms with Crippen LogP contribution in [0.4, 0.5) is 0 Å². The third-order valence-electron chi connectivity index (χ3n) is 0.953. The molecule has 0 radical (unpaired) electrons. The molecule has 1 atom stereocenters. The van der Waals surface area contributed by atoms with Gasteiger partial charge in [-0.3, -0.25) is 5.50 Å². The van der Waals surface area contributed by atoms with Gasteiger partial charge in [0.2, 0.25) is 0 Å². The van der Waals surface area contributed by atoms with Gasteiger partial charge in [-0.1, -0.05) is 18.2 Å². The Hall–Kier alpha value is -0.670. The lowest BCUT2D eigenvalue weighted by molar-refractivity contribution is -0.0981. The maximum Gasteiger partial charge on any atom is 0.297 e. The van der Waals surface area contributed by atoms with E-state index in [4.69, 9.17) is 10.4 Å². The minimum atomic E-state index is -1.95. The van der Waals surface area contributed by atoms with Crippen molar-refractivity contribution in [2.24, 2.45) is 5.50 Å². The second kappa shape index (κ2) is 4.26. The standard InChI is InChI=1S/C6H8NO3P/c7-11(8)10-9-6-4-2-1-3-5-6/h1-5,8H,7H2. The Kier molecular flexibility index (Phi) is 3.26. The normalized spacial score (nSPS) is 12.5. The summed E-state index contributed by atoms with van der Waals surface area (Å²) in [6, 6.07) is 8.80. The van der Waals surface area contributed by atoms with E-state index in [0.29, 0.717) is 5.75 Å². The molecule has 0 fully saturated rings. The van der Waals surface area contributed by atoms with Gasteiger partial charge in [-0.15, -0.1) is 4.67 Å². The van der Waals surface area contributed by atoms with Gasteiger partial charge in [0.05, 0.1) is 0 Å². The molecule has 0 saturated heterocycles. The molecule has 0 saturated carbocycles. The van der Waals surface area contributed by atoms with Gasteiger partial charge < -0.3 is 9.78 Å². The summed E-state index contributed by atoms with van der Waals surface area (Å²) in [5, 5.41) is 0. The summed E-state index contributed by atoms with van der Waals surface area (Å²) in [4.78, 5) is 13.1. The molecule has 4 nitrogen and oxygen atoms in total. The van der Waals surface area contributed by atoms with Gasteiger partial charge in [-0.2, -0.15) is 0 Å². The van der Waals surface area contributed by atoms with E-state index in [9.17, 15) is 0 Å². The molecule has 0 heterocycles. The van der Waals surface area contributed by atoms with Crippen LogP contribution in [0.1, 0.15) is 0 Å². The van der Waals surface area contributed by atoms with Crippen LogP contribution in [-0.4, -0.2) is 4.89 Å². The van der Waals surface area contributed by atoms with E-state index in [1.807, 2.05) is 6.07 Å². The Bertz CT molecular complexity index is 204. The van der Waals surface area contributed by atoms with E-state index in [1.54, 1.807) is 24.3 Å². The molecule has 60 valence electrons. The third-order valence-corrected chi connectivity index (χ3v) is 1.18. The molecule has 1 aromatic carbocycles. The number of para-hydroxylation sites is 1. The largest absolute Gasteiger partial charge is 0.336 e. The van der Waals surface area contributed by atoms with Gasteiger partial charge >= 0.3 is 0 Å². The molecule has 11 heavy (non-hydrogen) atoms. The Labute approximate surface area is 65.5 Å². The zero-order chi connectivity index (χ0) is 8.10. The fourth-order valence-corrected chi connectivity index (χ4v) is 0.720. The lowest BCUT2D eigenvalue weighted by Crippen LogP contribution is -1.96. The van der Waals surface area contributed by atoms with Crippen LogP contribution < -0.4 is 10.4 Å². The first kappa shape index (κ1) is 8.43. The van der Waals surface area contributed by atoms with Crippen molar-refractivity contribution in [3.8, 4) is 5.75 Å². The minimum absolute atomic E-state index is 0.513. The number of hydrogen-bond donors (Lipinski definition) is 2. The molecule has 3 N–H and O–H groups in total. The van der Waals surface area contributed by atoms with E-state index in [-0.39, 0.29) is 0 Å². The van der Waals surface area contributed by atoms with Crippen molar-refractivity contribution < 1.29 is 14.5 Å². The maximum atomic E-state index is 8.51. The second-order valence-corrected chi connectivity index (χ2v) is 2.53. The topological polar surface area (TPSA) is 64.7 Å². The fraction of sp³-hybridized carbons (Fsp3) is 0. The van der Waals surface area contributed by atoms with E-state index >= 15 is 0 Å². The predicted octanol–water partition coefficient (Wildman–Crippen LogP) is 1.17.